The van der Waals surface area contributed by atoms with Crippen LogP contribution in [0.5, 0.6) is 0 Å². The van der Waals surface area contributed by atoms with Crippen LogP contribution in [0.2, 0.25) is 0 Å². The molecule has 1 N–H and O–H groups in total. The molecule has 2 aliphatic rings. The fraction of sp³-hybridized carbons (Fsp3) is 0.550. The molecule has 146 valence electrons. The second-order valence-corrected chi connectivity index (χ2v) is 8.12. The van der Waals surface area contributed by atoms with Gasteiger partial charge in [0.2, 0.25) is 5.91 Å². The summed E-state index contributed by atoms with van der Waals surface area (Å²) in [5, 5.41) is 14.7. The Balaban J connectivity index is 1.86. The number of allylic oxidation sites excluding steroid dienone is 2. The lowest BCUT2D eigenvalue weighted by atomic mass is 9.82. The van der Waals surface area contributed by atoms with Gasteiger partial charge in [0.15, 0.2) is 0 Å². The Hall–Kier alpha value is -2.15. The van der Waals surface area contributed by atoms with Gasteiger partial charge in [-0.05, 0) is 50.5 Å². The maximum Gasteiger partial charge on any atom is 0.341 e. The highest BCUT2D eigenvalue weighted by Crippen LogP contribution is 2.39. The van der Waals surface area contributed by atoms with Gasteiger partial charge in [-0.15, -0.1) is 11.3 Å². The molecular formula is C20H24NO5S-. The van der Waals surface area contributed by atoms with Crippen LogP contribution in [0.4, 0.5) is 5.00 Å². The number of carboxylic acid groups (broad SMARTS) is 1. The lowest BCUT2D eigenvalue weighted by Crippen LogP contribution is -2.41. The van der Waals surface area contributed by atoms with Crippen molar-refractivity contribution >= 4 is 34.2 Å². The average Bonchev–Trinajstić information content (AvgIpc) is 3.03. The largest absolute Gasteiger partial charge is 0.550 e. The Bertz CT molecular complexity index is 767. The van der Waals surface area contributed by atoms with Crippen molar-refractivity contribution in [1.82, 2.24) is 0 Å². The SMILES string of the molecule is CCCOC(=O)c1c(NC(=O)[C@@H]2CC=CC[C@H]2C(=O)[O-])sc2c1CCCC2. The van der Waals surface area contributed by atoms with Gasteiger partial charge < -0.3 is 20.0 Å². The summed E-state index contributed by atoms with van der Waals surface area (Å²) in [6.07, 6.45) is 8.69. The zero-order valence-electron chi connectivity index (χ0n) is 15.4. The van der Waals surface area contributed by atoms with Crippen molar-refractivity contribution in [3.63, 3.8) is 0 Å². The first-order valence-corrected chi connectivity index (χ1v) is 10.3. The Labute approximate surface area is 162 Å². The fourth-order valence-electron chi connectivity index (χ4n) is 3.71. The van der Waals surface area contributed by atoms with Crippen molar-refractivity contribution in [2.75, 3.05) is 11.9 Å². The van der Waals surface area contributed by atoms with Crippen molar-refractivity contribution in [3.8, 4) is 0 Å². The lowest BCUT2D eigenvalue weighted by Gasteiger charge is -2.28. The molecule has 27 heavy (non-hydrogen) atoms. The molecule has 0 radical (unpaired) electrons. The van der Waals surface area contributed by atoms with Crippen molar-refractivity contribution in [3.05, 3.63) is 28.2 Å². The van der Waals surface area contributed by atoms with E-state index in [-0.39, 0.29) is 12.3 Å². The number of hydrogen-bond donors (Lipinski definition) is 1. The third kappa shape index (κ3) is 4.24. The molecule has 6 nitrogen and oxygen atoms in total. The highest BCUT2D eigenvalue weighted by molar-refractivity contribution is 7.17. The molecule has 1 aromatic rings. The summed E-state index contributed by atoms with van der Waals surface area (Å²) in [5.74, 6) is -3.55. The Morgan fingerprint density at radius 1 is 1.19 bits per heavy atom. The minimum Gasteiger partial charge on any atom is -0.550 e. The van der Waals surface area contributed by atoms with E-state index in [0.29, 0.717) is 23.6 Å². The molecule has 2 aliphatic carbocycles. The number of nitrogens with one attached hydrogen (secondary N) is 1. The summed E-state index contributed by atoms with van der Waals surface area (Å²) in [7, 11) is 0. The molecule has 2 atom stereocenters. The van der Waals surface area contributed by atoms with Crippen molar-refractivity contribution in [2.24, 2.45) is 11.8 Å². The molecule has 0 saturated heterocycles. The van der Waals surface area contributed by atoms with Gasteiger partial charge in [-0.2, -0.15) is 0 Å². The summed E-state index contributed by atoms with van der Waals surface area (Å²) in [6.45, 7) is 2.26. The van der Waals surface area contributed by atoms with Crippen molar-refractivity contribution < 1.29 is 24.2 Å². The van der Waals surface area contributed by atoms with E-state index in [1.54, 1.807) is 6.08 Å². The highest BCUT2D eigenvalue weighted by Gasteiger charge is 2.33. The molecule has 0 fully saturated rings. The first-order chi connectivity index (χ1) is 13.0. The molecule has 0 aromatic carbocycles. The van der Waals surface area contributed by atoms with Crippen LogP contribution < -0.4 is 10.4 Å². The van der Waals surface area contributed by atoms with E-state index in [4.69, 9.17) is 4.74 Å². The zero-order valence-corrected chi connectivity index (χ0v) is 16.2. The maximum atomic E-state index is 12.8. The molecule has 3 rings (SSSR count). The van der Waals surface area contributed by atoms with Crippen LogP contribution in [0.1, 0.15) is 59.8 Å². The quantitative estimate of drug-likeness (QED) is 0.595. The molecule has 0 saturated carbocycles. The number of ether oxygens (including phenoxy) is 1. The van der Waals surface area contributed by atoms with Gasteiger partial charge in [0.1, 0.15) is 5.00 Å². The Morgan fingerprint density at radius 3 is 2.59 bits per heavy atom. The van der Waals surface area contributed by atoms with Gasteiger partial charge in [-0.3, -0.25) is 4.79 Å². The average molecular weight is 390 g/mol. The summed E-state index contributed by atoms with van der Waals surface area (Å²) in [6, 6.07) is 0. The van der Waals surface area contributed by atoms with E-state index >= 15 is 0 Å². The number of thiophene rings is 1. The molecule has 1 amide bonds. The maximum absolute atomic E-state index is 12.8. The third-order valence-corrected chi connectivity index (χ3v) is 6.33. The van der Waals surface area contributed by atoms with Gasteiger partial charge in [-0.25, -0.2) is 4.79 Å². The summed E-state index contributed by atoms with van der Waals surface area (Å²) in [5.41, 5.74) is 1.43. The van der Waals surface area contributed by atoms with E-state index < -0.39 is 23.8 Å². The van der Waals surface area contributed by atoms with E-state index in [1.165, 1.54) is 11.3 Å². The van der Waals surface area contributed by atoms with Gasteiger partial charge in [0.05, 0.1) is 18.1 Å². The van der Waals surface area contributed by atoms with Crippen LogP contribution >= 0.6 is 11.3 Å². The topological polar surface area (TPSA) is 95.5 Å². The van der Waals surface area contributed by atoms with Crippen LogP contribution in [0.25, 0.3) is 0 Å². The van der Waals surface area contributed by atoms with Crippen LogP contribution in [0.15, 0.2) is 12.2 Å². The van der Waals surface area contributed by atoms with Crippen LogP contribution in [-0.2, 0) is 27.2 Å². The second-order valence-electron chi connectivity index (χ2n) is 7.02. The number of esters is 1. The summed E-state index contributed by atoms with van der Waals surface area (Å²) >= 11 is 1.41. The van der Waals surface area contributed by atoms with Crippen LogP contribution in [-0.4, -0.2) is 24.5 Å². The number of carbonyl (C=O) groups is 3. The van der Waals surface area contributed by atoms with E-state index in [9.17, 15) is 19.5 Å². The monoisotopic (exact) mass is 390 g/mol. The molecule has 0 spiro atoms. The molecule has 1 heterocycles. The lowest BCUT2D eigenvalue weighted by molar-refractivity contribution is -0.313. The number of anilines is 1. The molecule has 1 aromatic heterocycles. The number of fused-ring (bicyclic) bond motifs is 1. The van der Waals surface area contributed by atoms with Crippen LogP contribution in [0.3, 0.4) is 0 Å². The number of rotatable bonds is 6. The van der Waals surface area contributed by atoms with Crippen molar-refractivity contribution in [1.29, 1.82) is 0 Å². The third-order valence-electron chi connectivity index (χ3n) is 5.12. The summed E-state index contributed by atoms with van der Waals surface area (Å²) in [4.78, 5) is 37.9. The standard InChI is InChI=1S/C20H25NO5S/c1-2-11-26-20(25)16-14-9-5-6-10-15(14)27-18(16)21-17(22)12-7-3-4-8-13(12)19(23)24/h3-4,12-13H,2,5-11H2,1H3,(H,21,22)(H,23,24)/p-1/t12-,13-/m1/s1. The van der Waals surface area contributed by atoms with Crippen molar-refractivity contribution in [2.45, 2.75) is 51.9 Å². The molecule has 0 bridgehead atoms. The number of aliphatic carboxylic acids is 1. The molecule has 7 heteroatoms. The zero-order chi connectivity index (χ0) is 19.4. The first kappa shape index (κ1) is 19.6. The van der Waals surface area contributed by atoms with E-state index in [2.05, 4.69) is 5.32 Å². The normalized spacial score (nSPS) is 21.4. The van der Waals surface area contributed by atoms with E-state index in [1.807, 2.05) is 13.0 Å². The second kappa shape index (κ2) is 8.69. The number of aryl methyl sites for hydroxylation is 1. The van der Waals surface area contributed by atoms with Gasteiger partial charge in [0.25, 0.3) is 0 Å². The predicted molar refractivity (Wildman–Crippen MR) is 101 cm³/mol. The smallest absolute Gasteiger partial charge is 0.341 e. The molecular weight excluding hydrogens is 366 g/mol. The van der Waals surface area contributed by atoms with Gasteiger partial charge >= 0.3 is 5.97 Å². The molecule has 0 unspecified atom stereocenters. The minimum atomic E-state index is -1.22. The Morgan fingerprint density at radius 2 is 1.89 bits per heavy atom. The fourth-order valence-corrected chi connectivity index (χ4v) is 4.99. The number of hydrogen-bond acceptors (Lipinski definition) is 6. The summed E-state index contributed by atoms with van der Waals surface area (Å²) < 4.78 is 5.33. The Kier molecular flexibility index (Phi) is 6.31. The van der Waals surface area contributed by atoms with Crippen LogP contribution in [0, 0.1) is 11.8 Å². The van der Waals surface area contributed by atoms with Gasteiger partial charge in [0, 0.05) is 16.8 Å². The first-order valence-electron chi connectivity index (χ1n) is 9.51. The minimum absolute atomic E-state index is 0.284. The van der Waals surface area contributed by atoms with Gasteiger partial charge in [-0.1, -0.05) is 19.1 Å². The number of carbonyl (C=O) groups excluding carboxylic acids is 3. The predicted octanol–water partition coefficient (Wildman–Crippen LogP) is 2.46. The number of amides is 1. The highest BCUT2D eigenvalue weighted by atomic mass is 32.1. The molecule has 0 aliphatic heterocycles. The number of carboxylic acids is 1. The van der Waals surface area contributed by atoms with E-state index in [0.717, 1.165) is 42.5 Å².